The quantitative estimate of drug-likeness (QED) is 0.702. The van der Waals surface area contributed by atoms with Crippen molar-refractivity contribution in [3.05, 3.63) is 40.6 Å². The third-order valence-electron chi connectivity index (χ3n) is 6.78. The van der Waals surface area contributed by atoms with E-state index in [4.69, 9.17) is 14.6 Å². The Morgan fingerprint density at radius 3 is 2.82 bits per heavy atom. The number of aromatic nitrogens is 2. The number of nitrogens with zero attached hydrogens (tertiary/aromatic N) is 5. The SMILES string of the molecule is CC(C)OC(=O)N1CCc2c(c(N3CCCc4ccc(C#N)cc43)nn2C2CCOCC2)C1. The number of benzene rings is 1. The summed E-state index contributed by atoms with van der Waals surface area (Å²) in [5, 5.41) is 14.6. The van der Waals surface area contributed by atoms with E-state index in [0.717, 1.165) is 68.9 Å². The summed E-state index contributed by atoms with van der Waals surface area (Å²) in [6.07, 6.45) is 4.24. The number of hydrogen-bond donors (Lipinski definition) is 0. The zero-order chi connectivity index (χ0) is 22.9. The van der Waals surface area contributed by atoms with Gasteiger partial charge in [-0.2, -0.15) is 10.4 Å². The van der Waals surface area contributed by atoms with Crippen molar-refractivity contribution in [1.82, 2.24) is 14.7 Å². The van der Waals surface area contributed by atoms with Crippen LogP contribution in [0.2, 0.25) is 0 Å². The van der Waals surface area contributed by atoms with E-state index in [9.17, 15) is 10.1 Å². The van der Waals surface area contributed by atoms with Crippen molar-refractivity contribution in [2.45, 2.75) is 64.6 Å². The molecule has 2 aromatic rings. The molecule has 1 fully saturated rings. The van der Waals surface area contributed by atoms with E-state index in [1.54, 1.807) is 4.90 Å². The Labute approximate surface area is 194 Å². The first-order chi connectivity index (χ1) is 16.0. The van der Waals surface area contributed by atoms with Gasteiger partial charge in [0.15, 0.2) is 5.82 Å². The zero-order valence-corrected chi connectivity index (χ0v) is 19.4. The van der Waals surface area contributed by atoms with Crippen molar-refractivity contribution >= 4 is 17.6 Å². The molecule has 4 heterocycles. The summed E-state index contributed by atoms with van der Waals surface area (Å²) < 4.78 is 13.3. The number of aryl methyl sites for hydroxylation is 1. The standard InChI is InChI=1S/C25H31N5O3/c1-17(2)33-25(31)28-11-7-22-21(16-28)24(27-30(22)20-8-12-32-13-9-20)29-10-3-4-19-6-5-18(15-26)14-23(19)29/h5-6,14,17,20H,3-4,7-13,16H2,1-2H3. The third kappa shape index (κ3) is 4.18. The number of carbonyl (C=O) groups is 1. The Hall–Kier alpha value is -3.05. The molecule has 0 aliphatic carbocycles. The molecule has 174 valence electrons. The number of nitriles is 1. The first kappa shape index (κ1) is 21.8. The van der Waals surface area contributed by atoms with Gasteiger partial charge in [0.1, 0.15) is 0 Å². The number of fused-ring (bicyclic) bond motifs is 2. The van der Waals surface area contributed by atoms with Gasteiger partial charge in [0, 0.05) is 49.7 Å². The summed E-state index contributed by atoms with van der Waals surface area (Å²) in [5.74, 6) is 0.912. The maximum atomic E-state index is 12.7. The van der Waals surface area contributed by atoms with Gasteiger partial charge in [-0.1, -0.05) is 6.07 Å². The lowest BCUT2D eigenvalue weighted by atomic mass is 9.98. The number of amides is 1. The molecule has 0 spiro atoms. The highest BCUT2D eigenvalue weighted by molar-refractivity contribution is 5.72. The molecule has 1 saturated heterocycles. The van der Waals surface area contributed by atoms with Gasteiger partial charge in [-0.25, -0.2) is 4.79 Å². The number of hydrogen-bond acceptors (Lipinski definition) is 6. The molecule has 0 bridgehead atoms. The van der Waals surface area contributed by atoms with Crippen LogP contribution in [0.15, 0.2) is 18.2 Å². The van der Waals surface area contributed by atoms with E-state index >= 15 is 0 Å². The van der Waals surface area contributed by atoms with E-state index in [-0.39, 0.29) is 12.2 Å². The van der Waals surface area contributed by atoms with Gasteiger partial charge in [-0.05, 0) is 57.2 Å². The molecular formula is C25H31N5O3. The maximum Gasteiger partial charge on any atom is 0.410 e. The molecular weight excluding hydrogens is 418 g/mol. The van der Waals surface area contributed by atoms with Crippen LogP contribution in [-0.4, -0.2) is 53.2 Å². The molecule has 0 radical (unpaired) electrons. The molecule has 0 N–H and O–H groups in total. The van der Waals surface area contributed by atoms with Crippen molar-refractivity contribution in [2.75, 3.05) is 31.2 Å². The van der Waals surface area contributed by atoms with Crippen LogP contribution in [-0.2, 0) is 28.9 Å². The van der Waals surface area contributed by atoms with Crippen molar-refractivity contribution in [2.24, 2.45) is 0 Å². The highest BCUT2D eigenvalue weighted by Gasteiger charge is 2.34. The highest BCUT2D eigenvalue weighted by atomic mass is 16.6. The van der Waals surface area contributed by atoms with Crippen LogP contribution in [0.3, 0.4) is 0 Å². The van der Waals surface area contributed by atoms with E-state index < -0.39 is 0 Å². The lowest BCUT2D eigenvalue weighted by Gasteiger charge is -2.32. The average Bonchev–Trinajstić information content (AvgIpc) is 3.22. The van der Waals surface area contributed by atoms with Crippen LogP contribution in [0.25, 0.3) is 0 Å². The first-order valence-electron chi connectivity index (χ1n) is 12.0. The summed E-state index contributed by atoms with van der Waals surface area (Å²) in [4.78, 5) is 16.8. The summed E-state index contributed by atoms with van der Waals surface area (Å²) in [6, 6.07) is 8.51. The fourth-order valence-electron chi connectivity index (χ4n) is 5.17. The molecule has 1 aromatic carbocycles. The Kier molecular flexibility index (Phi) is 5.98. The van der Waals surface area contributed by atoms with Gasteiger partial charge >= 0.3 is 6.09 Å². The molecule has 0 unspecified atom stereocenters. The Morgan fingerprint density at radius 2 is 2.06 bits per heavy atom. The van der Waals surface area contributed by atoms with Gasteiger partial charge in [0.05, 0.1) is 30.3 Å². The summed E-state index contributed by atoms with van der Waals surface area (Å²) in [6.45, 7) is 7.21. The van der Waals surface area contributed by atoms with Crippen LogP contribution in [0.1, 0.15) is 61.5 Å². The number of anilines is 2. The minimum atomic E-state index is -0.272. The van der Waals surface area contributed by atoms with Crippen molar-refractivity contribution in [3.63, 3.8) is 0 Å². The van der Waals surface area contributed by atoms with E-state index in [0.29, 0.717) is 24.7 Å². The van der Waals surface area contributed by atoms with Gasteiger partial charge in [0.2, 0.25) is 0 Å². The predicted molar refractivity (Wildman–Crippen MR) is 124 cm³/mol. The van der Waals surface area contributed by atoms with Gasteiger partial charge in [-0.3, -0.25) is 4.68 Å². The lowest BCUT2D eigenvalue weighted by molar-refractivity contribution is 0.0636. The molecule has 8 heteroatoms. The van der Waals surface area contributed by atoms with Gasteiger partial charge < -0.3 is 19.3 Å². The molecule has 33 heavy (non-hydrogen) atoms. The highest BCUT2D eigenvalue weighted by Crippen LogP contribution is 2.39. The minimum absolute atomic E-state index is 0.151. The van der Waals surface area contributed by atoms with Crippen LogP contribution in [0.5, 0.6) is 0 Å². The molecule has 0 saturated carbocycles. The lowest BCUT2D eigenvalue weighted by Crippen LogP contribution is -2.38. The topological polar surface area (TPSA) is 83.6 Å². The second kappa shape index (κ2) is 9.06. The summed E-state index contributed by atoms with van der Waals surface area (Å²) >= 11 is 0. The van der Waals surface area contributed by atoms with Crippen molar-refractivity contribution in [3.8, 4) is 6.07 Å². The largest absolute Gasteiger partial charge is 0.447 e. The number of carbonyl (C=O) groups excluding carboxylic acids is 1. The smallest absolute Gasteiger partial charge is 0.410 e. The molecule has 0 atom stereocenters. The molecule has 3 aliphatic rings. The third-order valence-corrected chi connectivity index (χ3v) is 6.78. The summed E-state index contributed by atoms with van der Waals surface area (Å²) in [7, 11) is 0. The van der Waals surface area contributed by atoms with Crippen molar-refractivity contribution in [1.29, 1.82) is 5.26 Å². The van der Waals surface area contributed by atoms with Crippen molar-refractivity contribution < 1.29 is 14.3 Å². The normalized spacial score (nSPS) is 18.6. The maximum absolute atomic E-state index is 12.7. The first-order valence-corrected chi connectivity index (χ1v) is 12.0. The fourth-order valence-corrected chi connectivity index (χ4v) is 5.17. The van der Waals surface area contributed by atoms with Crippen LogP contribution in [0, 0.1) is 11.3 Å². The Bertz CT molecular complexity index is 1080. The molecule has 1 aromatic heterocycles. The summed E-state index contributed by atoms with van der Waals surface area (Å²) in [5.41, 5.74) is 5.27. The second-order valence-corrected chi connectivity index (χ2v) is 9.35. The molecule has 3 aliphatic heterocycles. The fraction of sp³-hybridized carbons (Fsp3) is 0.560. The number of rotatable bonds is 3. The monoisotopic (exact) mass is 449 g/mol. The Balaban J connectivity index is 1.56. The molecule has 5 rings (SSSR count). The van der Waals surface area contributed by atoms with E-state index in [1.165, 1.54) is 11.3 Å². The average molecular weight is 450 g/mol. The van der Waals surface area contributed by atoms with Gasteiger partial charge in [-0.15, -0.1) is 0 Å². The number of ether oxygens (including phenoxy) is 2. The minimum Gasteiger partial charge on any atom is -0.447 e. The van der Waals surface area contributed by atoms with Crippen LogP contribution in [0.4, 0.5) is 16.3 Å². The Morgan fingerprint density at radius 1 is 1.24 bits per heavy atom. The van der Waals surface area contributed by atoms with E-state index in [1.807, 2.05) is 26.0 Å². The molecule has 1 amide bonds. The second-order valence-electron chi connectivity index (χ2n) is 9.35. The predicted octanol–water partition coefficient (Wildman–Crippen LogP) is 4.09. The zero-order valence-electron chi connectivity index (χ0n) is 19.4. The van der Waals surface area contributed by atoms with E-state index in [2.05, 4.69) is 21.7 Å². The molecule has 8 nitrogen and oxygen atoms in total. The van der Waals surface area contributed by atoms with Gasteiger partial charge in [0.25, 0.3) is 0 Å². The van der Waals surface area contributed by atoms with Crippen LogP contribution >= 0.6 is 0 Å². The van der Waals surface area contributed by atoms with Crippen LogP contribution < -0.4 is 4.90 Å².